The van der Waals surface area contributed by atoms with Crippen LogP contribution in [0, 0.1) is 5.82 Å². The summed E-state index contributed by atoms with van der Waals surface area (Å²) in [6.07, 6.45) is 0.622. The van der Waals surface area contributed by atoms with Crippen LogP contribution < -0.4 is 0 Å². The van der Waals surface area contributed by atoms with E-state index in [0.717, 1.165) is 34.3 Å². The molecule has 1 aromatic heterocycles. The van der Waals surface area contributed by atoms with Crippen LogP contribution in [-0.2, 0) is 23.0 Å². The van der Waals surface area contributed by atoms with E-state index in [-0.39, 0.29) is 16.5 Å². The Morgan fingerprint density at radius 3 is 2.75 bits per heavy atom. The van der Waals surface area contributed by atoms with Gasteiger partial charge in [0.2, 0.25) is 10.0 Å². The highest BCUT2D eigenvalue weighted by Crippen LogP contribution is 2.32. The summed E-state index contributed by atoms with van der Waals surface area (Å²) in [6, 6.07) is 11.3. The molecule has 124 valence electrons. The molecule has 0 atom stereocenters. The van der Waals surface area contributed by atoms with E-state index in [1.165, 1.54) is 10.4 Å². The van der Waals surface area contributed by atoms with Crippen molar-refractivity contribution in [3.63, 3.8) is 0 Å². The maximum atomic E-state index is 13.2. The molecule has 2 heterocycles. The normalized spacial score (nSPS) is 15.6. The number of hydrogen-bond donors (Lipinski definition) is 1. The summed E-state index contributed by atoms with van der Waals surface area (Å²) in [6.45, 7) is 0.616. The molecule has 7 heteroatoms. The lowest BCUT2D eigenvalue weighted by molar-refractivity contribution is 0.388. The van der Waals surface area contributed by atoms with Crippen molar-refractivity contribution in [2.75, 3.05) is 6.54 Å². The summed E-state index contributed by atoms with van der Waals surface area (Å²) in [5.74, 6) is -0.560. The molecule has 3 aromatic rings. The summed E-state index contributed by atoms with van der Waals surface area (Å²) in [5, 5.41) is 1.03. The molecule has 0 unspecified atom stereocenters. The molecule has 0 bridgehead atoms. The molecule has 0 amide bonds. The van der Waals surface area contributed by atoms with Crippen LogP contribution in [0.15, 0.2) is 47.4 Å². The standard InChI is InChI=1S/C17H14ClFN2O2S/c18-14-9-11(19)5-6-17(14)24(22,23)21-8-7-13-12-3-1-2-4-15(12)20-16(13)10-21/h1-6,9,20H,7-8,10H2. The van der Waals surface area contributed by atoms with Crippen LogP contribution in [0.25, 0.3) is 10.9 Å². The molecular formula is C17H14ClFN2O2S. The quantitative estimate of drug-likeness (QED) is 0.753. The fourth-order valence-electron chi connectivity index (χ4n) is 3.20. The van der Waals surface area contributed by atoms with Gasteiger partial charge in [-0.15, -0.1) is 0 Å². The number of benzene rings is 2. The number of fused-ring (bicyclic) bond motifs is 3. The van der Waals surface area contributed by atoms with Crippen molar-refractivity contribution in [3.05, 3.63) is 64.6 Å². The number of nitrogens with zero attached hydrogens (tertiary/aromatic N) is 1. The van der Waals surface area contributed by atoms with Crippen LogP contribution in [0.5, 0.6) is 0 Å². The van der Waals surface area contributed by atoms with Gasteiger partial charge in [-0.05, 0) is 36.2 Å². The van der Waals surface area contributed by atoms with E-state index < -0.39 is 15.8 Å². The molecular weight excluding hydrogens is 351 g/mol. The van der Waals surface area contributed by atoms with Crippen LogP contribution in [-0.4, -0.2) is 24.3 Å². The highest BCUT2D eigenvalue weighted by molar-refractivity contribution is 7.89. The number of para-hydroxylation sites is 1. The Hall–Kier alpha value is -1.89. The number of aromatic amines is 1. The van der Waals surface area contributed by atoms with Crippen molar-refractivity contribution in [2.45, 2.75) is 17.9 Å². The van der Waals surface area contributed by atoms with E-state index in [1.54, 1.807) is 0 Å². The molecule has 0 saturated carbocycles. The van der Waals surface area contributed by atoms with Gasteiger partial charge in [0, 0.05) is 23.1 Å². The lowest BCUT2D eigenvalue weighted by Gasteiger charge is -2.26. The minimum atomic E-state index is -3.77. The topological polar surface area (TPSA) is 53.2 Å². The molecule has 0 spiro atoms. The maximum absolute atomic E-state index is 13.2. The lowest BCUT2D eigenvalue weighted by Crippen LogP contribution is -2.36. The molecule has 4 nitrogen and oxygen atoms in total. The van der Waals surface area contributed by atoms with E-state index in [2.05, 4.69) is 4.98 Å². The SMILES string of the molecule is O=S(=O)(c1ccc(F)cc1Cl)N1CCc2c([nH]c3ccccc23)C1. The van der Waals surface area contributed by atoms with Gasteiger partial charge < -0.3 is 4.98 Å². The average Bonchev–Trinajstić information content (AvgIpc) is 2.92. The molecule has 0 radical (unpaired) electrons. The minimum Gasteiger partial charge on any atom is -0.357 e. The number of aromatic nitrogens is 1. The Balaban J connectivity index is 1.73. The number of rotatable bonds is 2. The molecule has 1 aliphatic rings. The molecule has 0 aliphatic carbocycles. The third kappa shape index (κ3) is 2.42. The average molecular weight is 365 g/mol. The molecule has 24 heavy (non-hydrogen) atoms. The Morgan fingerprint density at radius 2 is 1.96 bits per heavy atom. The zero-order chi connectivity index (χ0) is 16.9. The lowest BCUT2D eigenvalue weighted by atomic mass is 10.1. The summed E-state index contributed by atoms with van der Waals surface area (Å²) >= 11 is 5.94. The predicted octanol–water partition coefficient (Wildman–Crippen LogP) is 3.71. The van der Waals surface area contributed by atoms with Crippen molar-refractivity contribution in [1.82, 2.24) is 9.29 Å². The smallest absolute Gasteiger partial charge is 0.244 e. The van der Waals surface area contributed by atoms with Crippen LogP contribution in [0.1, 0.15) is 11.3 Å². The van der Waals surface area contributed by atoms with Gasteiger partial charge >= 0.3 is 0 Å². The first-order valence-electron chi connectivity index (χ1n) is 7.50. The second-order valence-electron chi connectivity index (χ2n) is 5.79. The van der Waals surface area contributed by atoms with Gasteiger partial charge in [-0.3, -0.25) is 0 Å². The maximum Gasteiger partial charge on any atom is 0.244 e. The highest BCUT2D eigenvalue weighted by Gasteiger charge is 2.31. The summed E-state index contributed by atoms with van der Waals surface area (Å²) < 4.78 is 40.3. The van der Waals surface area contributed by atoms with Gasteiger partial charge in [0.15, 0.2) is 0 Å². The molecule has 2 aromatic carbocycles. The van der Waals surface area contributed by atoms with Crippen molar-refractivity contribution < 1.29 is 12.8 Å². The number of H-pyrrole nitrogens is 1. The minimum absolute atomic E-state index is 0.0647. The molecule has 4 rings (SSSR count). The van der Waals surface area contributed by atoms with Gasteiger partial charge in [-0.1, -0.05) is 29.8 Å². The number of sulfonamides is 1. The van der Waals surface area contributed by atoms with Crippen LogP contribution in [0.2, 0.25) is 5.02 Å². The van der Waals surface area contributed by atoms with Gasteiger partial charge in [0.25, 0.3) is 0 Å². The van der Waals surface area contributed by atoms with E-state index in [0.29, 0.717) is 13.0 Å². The van der Waals surface area contributed by atoms with Gasteiger partial charge in [-0.25, -0.2) is 12.8 Å². The van der Waals surface area contributed by atoms with Crippen molar-refractivity contribution in [3.8, 4) is 0 Å². The van der Waals surface area contributed by atoms with E-state index >= 15 is 0 Å². The first-order valence-corrected chi connectivity index (χ1v) is 9.32. The van der Waals surface area contributed by atoms with Crippen LogP contribution in [0.4, 0.5) is 4.39 Å². The third-order valence-corrected chi connectivity index (χ3v) is 6.69. The fourth-order valence-corrected chi connectivity index (χ4v) is 5.11. The van der Waals surface area contributed by atoms with E-state index in [1.807, 2.05) is 24.3 Å². The largest absolute Gasteiger partial charge is 0.357 e. The summed E-state index contributed by atoms with van der Waals surface area (Å²) in [4.78, 5) is 3.23. The van der Waals surface area contributed by atoms with Gasteiger partial charge in [0.05, 0.1) is 11.6 Å². The van der Waals surface area contributed by atoms with E-state index in [4.69, 9.17) is 11.6 Å². The summed E-state index contributed by atoms with van der Waals surface area (Å²) in [5.41, 5.74) is 3.05. The Morgan fingerprint density at radius 1 is 1.17 bits per heavy atom. The molecule has 0 saturated heterocycles. The van der Waals surface area contributed by atoms with Crippen LogP contribution >= 0.6 is 11.6 Å². The Labute approximate surface area is 143 Å². The first kappa shape index (κ1) is 15.6. The monoisotopic (exact) mass is 364 g/mol. The highest BCUT2D eigenvalue weighted by atomic mass is 35.5. The molecule has 0 fully saturated rings. The third-order valence-electron chi connectivity index (χ3n) is 4.36. The zero-order valence-corrected chi connectivity index (χ0v) is 14.2. The second-order valence-corrected chi connectivity index (χ2v) is 8.10. The van der Waals surface area contributed by atoms with Gasteiger partial charge in [-0.2, -0.15) is 4.31 Å². The predicted molar refractivity (Wildman–Crippen MR) is 91.0 cm³/mol. The zero-order valence-electron chi connectivity index (χ0n) is 12.6. The van der Waals surface area contributed by atoms with Gasteiger partial charge in [0.1, 0.15) is 10.7 Å². The molecule has 1 N–H and O–H groups in total. The Bertz CT molecular complexity index is 1050. The fraction of sp³-hybridized carbons (Fsp3) is 0.176. The van der Waals surface area contributed by atoms with Crippen LogP contribution in [0.3, 0.4) is 0 Å². The van der Waals surface area contributed by atoms with Crippen molar-refractivity contribution in [2.24, 2.45) is 0 Å². The van der Waals surface area contributed by atoms with E-state index in [9.17, 15) is 12.8 Å². The summed E-state index contributed by atoms with van der Waals surface area (Å²) in [7, 11) is -3.77. The number of hydrogen-bond acceptors (Lipinski definition) is 2. The second kappa shape index (κ2) is 5.58. The number of halogens is 2. The Kier molecular flexibility index (Phi) is 3.63. The first-order chi connectivity index (χ1) is 11.5. The van der Waals surface area contributed by atoms with Crippen molar-refractivity contribution >= 4 is 32.5 Å². The van der Waals surface area contributed by atoms with Crippen molar-refractivity contribution in [1.29, 1.82) is 0 Å². The molecule has 1 aliphatic heterocycles. The number of nitrogens with one attached hydrogen (secondary N) is 1.